The van der Waals surface area contributed by atoms with Gasteiger partial charge in [0.25, 0.3) is 0 Å². The van der Waals surface area contributed by atoms with Gasteiger partial charge in [0.15, 0.2) is 0 Å². The second-order valence-electron chi connectivity index (χ2n) is 6.31. The van der Waals surface area contributed by atoms with E-state index in [1.807, 2.05) is 0 Å². The van der Waals surface area contributed by atoms with Gasteiger partial charge in [-0.25, -0.2) is 8.42 Å². The third-order valence-corrected chi connectivity index (χ3v) is 7.30. The van der Waals surface area contributed by atoms with E-state index in [1.54, 1.807) is 23.1 Å². The molecule has 4 rings (SSSR count). The van der Waals surface area contributed by atoms with Gasteiger partial charge in [0.1, 0.15) is 15.9 Å². The zero-order chi connectivity index (χ0) is 17.4. The summed E-state index contributed by atoms with van der Waals surface area (Å²) in [6, 6.07) is 5.01. The number of sulfonamides is 1. The molecule has 2 aromatic rings. The number of aromatic nitrogens is 2. The van der Waals surface area contributed by atoms with Gasteiger partial charge in [-0.15, -0.1) is 0 Å². The average molecular weight is 381 g/mol. The Morgan fingerprint density at radius 2 is 2.00 bits per heavy atom. The summed E-state index contributed by atoms with van der Waals surface area (Å²) in [5.41, 5.74) is 1.01. The number of hydrogen-bond acceptors (Lipinski definition) is 7. The first-order chi connectivity index (χ1) is 12.1. The molecule has 2 aliphatic heterocycles. The Labute approximate surface area is 150 Å². The molecule has 3 heterocycles. The van der Waals surface area contributed by atoms with E-state index < -0.39 is 10.0 Å². The maximum absolute atomic E-state index is 13.0. The number of benzene rings is 1. The minimum Gasteiger partial charge on any atom is -0.340 e. The van der Waals surface area contributed by atoms with E-state index in [-0.39, 0.29) is 16.7 Å². The summed E-state index contributed by atoms with van der Waals surface area (Å²) in [6.07, 6.45) is 0.857. The van der Waals surface area contributed by atoms with Crippen LogP contribution in [0.15, 0.2) is 23.1 Å². The molecule has 2 aliphatic rings. The van der Waals surface area contributed by atoms with E-state index in [0.29, 0.717) is 37.2 Å². The van der Waals surface area contributed by atoms with Crippen molar-refractivity contribution in [3.05, 3.63) is 18.2 Å². The minimum atomic E-state index is -3.64. The van der Waals surface area contributed by atoms with Gasteiger partial charge in [0.05, 0.1) is 17.6 Å². The first-order valence-corrected chi connectivity index (χ1v) is 10.5. The van der Waals surface area contributed by atoms with Crippen LogP contribution in [0.25, 0.3) is 11.0 Å². The van der Waals surface area contributed by atoms with Crippen molar-refractivity contribution in [3.63, 3.8) is 0 Å². The summed E-state index contributed by atoms with van der Waals surface area (Å²) in [5.74, 6) is 0.158. The van der Waals surface area contributed by atoms with Crippen molar-refractivity contribution in [2.24, 2.45) is 5.92 Å². The fraction of sp³-hybridized carbons (Fsp3) is 0.533. The number of hydrogen-bond donors (Lipinski definition) is 1. The maximum Gasteiger partial charge on any atom is 0.245 e. The van der Waals surface area contributed by atoms with Gasteiger partial charge in [-0.3, -0.25) is 4.79 Å². The second kappa shape index (κ2) is 6.60. The van der Waals surface area contributed by atoms with Gasteiger partial charge in [-0.05, 0) is 25.1 Å². The third-order valence-electron chi connectivity index (χ3n) is 4.83. The van der Waals surface area contributed by atoms with Gasteiger partial charge < -0.3 is 10.2 Å². The Kier molecular flexibility index (Phi) is 4.44. The maximum atomic E-state index is 13.0. The number of carbonyl (C=O) groups is 1. The van der Waals surface area contributed by atoms with Crippen LogP contribution >= 0.6 is 11.7 Å². The Bertz CT molecular complexity index is 883. The number of rotatable bonds is 3. The van der Waals surface area contributed by atoms with E-state index >= 15 is 0 Å². The summed E-state index contributed by atoms with van der Waals surface area (Å²) in [7, 11) is -3.64. The molecule has 1 aromatic carbocycles. The van der Waals surface area contributed by atoms with Crippen LogP contribution in [0.5, 0.6) is 0 Å². The van der Waals surface area contributed by atoms with Gasteiger partial charge in [0, 0.05) is 32.7 Å². The zero-order valence-electron chi connectivity index (χ0n) is 13.6. The number of nitrogens with one attached hydrogen (secondary N) is 1. The molecule has 0 spiro atoms. The molecule has 0 radical (unpaired) electrons. The summed E-state index contributed by atoms with van der Waals surface area (Å²) in [4.78, 5) is 14.4. The van der Waals surface area contributed by atoms with E-state index in [0.717, 1.165) is 31.2 Å². The molecule has 0 bridgehead atoms. The fourth-order valence-electron chi connectivity index (χ4n) is 3.40. The van der Waals surface area contributed by atoms with Gasteiger partial charge in [-0.1, -0.05) is 6.07 Å². The van der Waals surface area contributed by atoms with Crippen LogP contribution in [0.2, 0.25) is 0 Å². The van der Waals surface area contributed by atoms with Crippen molar-refractivity contribution in [2.75, 3.05) is 39.3 Å². The molecular formula is C15H19N5O3S2. The average Bonchev–Trinajstić information content (AvgIpc) is 3.32. The van der Waals surface area contributed by atoms with Crippen molar-refractivity contribution in [3.8, 4) is 0 Å². The van der Waals surface area contributed by atoms with Gasteiger partial charge in [-0.2, -0.15) is 13.1 Å². The zero-order valence-corrected chi connectivity index (χ0v) is 15.2. The number of fused-ring (bicyclic) bond motifs is 1. The van der Waals surface area contributed by atoms with E-state index in [4.69, 9.17) is 0 Å². The molecule has 134 valence electrons. The number of amides is 1. The summed E-state index contributed by atoms with van der Waals surface area (Å²) in [6.45, 7) is 3.07. The van der Waals surface area contributed by atoms with Crippen molar-refractivity contribution < 1.29 is 13.2 Å². The monoisotopic (exact) mass is 381 g/mol. The molecule has 1 amide bonds. The van der Waals surface area contributed by atoms with Crippen molar-refractivity contribution in [1.82, 2.24) is 23.3 Å². The molecule has 1 aromatic heterocycles. The van der Waals surface area contributed by atoms with Crippen LogP contribution in [0.1, 0.15) is 6.42 Å². The van der Waals surface area contributed by atoms with Crippen LogP contribution in [-0.2, 0) is 14.8 Å². The Hall–Kier alpha value is -1.62. The molecule has 1 unspecified atom stereocenters. The molecule has 0 saturated carbocycles. The summed E-state index contributed by atoms with van der Waals surface area (Å²) < 4.78 is 35.6. The van der Waals surface area contributed by atoms with Gasteiger partial charge in [0.2, 0.25) is 15.9 Å². The smallest absolute Gasteiger partial charge is 0.245 e. The summed E-state index contributed by atoms with van der Waals surface area (Å²) in [5, 5.41) is 3.20. The van der Waals surface area contributed by atoms with Crippen LogP contribution < -0.4 is 5.32 Å². The number of carbonyl (C=O) groups excluding carboxylic acids is 1. The molecule has 1 N–H and O–H groups in total. The quantitative estimate of drug-likeness (QED) is 0.812. The number of nitrogens with zero attached hydrogens (tertiary/aromatic N) is 4. The van der Waals surface area contributed by atoms with Crippen molar-refractivity contribution >= 4 is 38.7 Å². The molecule has 2 fully saturated rings. The van der Waals surface area contributed by atoms with Crippen LogP contribution in [0.4, 0.5) is 0 Å². The van der Waals surface area contributed by atoms with Crippen molar-refractivity contribution in [1.29, 1.82) is 0 Å². The van der Waals surface area contributed by atoms with Crippen LogP contribution in [0.3, 0.4) is 0 Å². The highest BCUT2D eigenvalue weighted by Crippen LogP contribution is 2.25. The Morgan fingerprint density at radius 3 is 2.72 bits per heavy atom. The normalized spacial score (nSPS) is 22.6. The molecular weight excluding hydrogens is 362 g/mol. The molecule has 2 saturated heterocycles. The lowest BCUT2D eigenvalue weighted by molar-refractivity contribution is -0.136. The molecule has 10 heteroatoms. The number of piperazine rings is 1. The Balaban J connectivity index is 1.50. The highest BCUT2D eigenvalue weighted by molar-refractivity contribution is 7.89. The third kappa shape index (κ3) is 3.03. The lowest BCUT2D eigenvalue weighted by Crippen LogP contribution is -2.52. The highest BCUT2D eigenvalue weighted by atomic mass is 32.2. The fourth-order valence-corrected chi connectivity index (χ4v) is 5.58. The molecule has 1 atom stereocenters. The Morgan fingerprint density at radius 1 is 1.20 bits per heavy atom. The lowest BCUT2D eigenvalue weighted by atomic mass is 10.1. The van der Waals surface area contributed by atoms with Gasteiger partial charge >= 0.3 is 0 Å². The lowest BCUT2D eigenvalue weighted by Gasteiger charge is -2.35. The molecule has 25 heavy (non-hydrogen) atoms. The first-order valence-electron chi connectivity index (χ1n) is 8.28. The molecule has 8 nitrogen and oxygen atoms in total. The van der Waals surface area contributed by atoms with Crippen LogP contribution in [-0.4, -0.2) is 71.5 Å². The van der Waals surface area contributed by atoms with E-state index in [2.05, 4.69) is 14.1 Å². The molecule has 0 aliphatic carbocycles. The second-order valence-corrected chi connectivity index (χ2v) is 8.74. The van der Waals surface area contributed by atoms with E-state index in [1.165, 1.54) is 4.31 Å². The predicted octanol–water partition coefficient (Wildman–Crippen LogP) is 0.134. The van der Waals surface area contributed by atoms with Crippen molar-refractivity contribution in [2.45, 2.75) is 11.3 Å². The highest BCUT2D eigenvalue weighted by Gasteiger charge is 2.34. The van der Waals surface area contributed by atoms with Crippen LogP contribution in [0, 0.1) is 5.92 Å². The SMILES string of the molecule is O=C(C1CCNC1)N1CCN(S(=O)(=O)c2cccc3nsnc23)CC1. The topological polar surface area (TPSA) is 95.5 Å². The summed E-state index contributed by atoms with van der Waals surface area (Å²) >= 11 is 1.01. The first kappa shape index (κ1) is 16.8. The minimum absolute atomic E-state index is 0.0259. The van der Waals surface area contributed by atoms with E-state index in [9.17, 15) is 13.2 Å². The largest absolute Gasteiger partial charge is 0.340 e. The predicted molar refractivity (Wildman–Crippen MR) is 93.7 cm³/mol. The standard InChI is InChI=1S/C15H19N5O3S2/c21-15(11-4-5-16-10-11)19-6-8-20(9-7-19)25(22,23)13-3-1-2-12-14(13)18-24-17-12/h1-3,11,16H,4-10H2.